The number of fused-ring (bicyclic) bond motifs is 1. The van der Waals surface area contributed by atoms with E-state index in [1.807, 2.05) is 24.3 Å². The molecule has 0 bridgehead atoms. The Bertz CT molecular complexity index is 520. The average Bonchev–Trinajstić information content (AvgIpc) is 2.24. The molecule has 0 fully saturated rings. The van der Waals surface area contributed by atoms with Gasteiger partial charge in [-0.15, -0.1) is 0 Å². The van der Waals surface area contributed by atoms with Crippen LogP contribution in [0.1, 0.15) is 0 Å². The largest absolute Gasteiger partial charge is 0.463 e. The van der Waals surface area contributed by atoms with E-state index < -0.39 is 0 Å². The van der Waals surface area contributed by atoms with Crippen LogP contribution in [-0.2, 0) is 0 Å². The highest BCUT2D eigenvalue weighted by Gasteiger charge is 2.09. The van der Waals surface area contributed by atoms with Gasteiger partial charge in [0, 0.05) is 10.8 Å². The molecule has 2 aromatic carbocycles. The second-order valence-electron chi connectivity index (χ2n) is 3.00. The van der Waals surface area contributed by atoms with E-state index in [4.69, 9.17) is 27.9 Å². The van der Waals surface area contributed by atoms with Crippen LogP contribution < -0.4 is 4.74 Å². The van der Waals surface area contributed by atoms with Crippen molar-refractivity contribution in [2.45, 2.75) is 0 Å². The molecule has 0 unspecified atom stereocenters. The number of benzene rings is 2. The minimum absolute atomic E-state index is 0.485. The SMILES string of the molecule is C=COc1c(Cl)cc(Cl)c2ccccc12. The zero-order valence-corrected chi connectivity index (χ0v) is 9.35. The van der Waals surface area contributed by atoms with Gasteiger partial charge >= 0.3 is 0 Å². The molecule has 15 heavy (non-hydrogen) atoms. The van der Waals surface area contributed by atoms with E-state index in [-0.39, 0.29) is 0 Å². The molecule has 1 nitrogen and oxygen atoms in total. The standard InChI is InChI=1S/C12H8Cl2O/c1-2-15-12-9-6-4-3-5-8(9)10(13)7-11(12)14/h2-7H,1H2. The number of rotatable bonds is 2. The van der Waals surface area contributed by atoms with Gasteiger partial charge in [-0.1, -0.05) is 54.0 Å². The van der Waals surface area contributed by atoms with Crippen LogP contribution in [0, 0.1) is 0 Å². The van der Waals surface area contributed by atoms with E-state index in [9.17, 15) is 0 Å². The summed E-state index contributed by atoms with van der Waals surface area (Å²) in [6.45, 7) is 3.51. The van der Waals surface area contributed by atoms with Crippen LogP contribution in [-0.4, -0.2) is 0 Å². The summed E-state index contributed by atoms with van der Waals surface area (Å²) in [6, 6.07) is 9.32. The van der Waals surface area contributed by atoms with Crippen LogP contribution in [0.4, 0.5) is 0 Å². The molecule has 0 aliphatic heterocycles. The topological polar surface area (TPSA) is 9.23 Å². The first-order chi connectivity index (χ1) is 7.24. The van der Waals surface area contributed by atoms with E-state index in [1.165, 1.54) is 6.26 Å². The van der Waals surface area contributed by atoms with Gasteiger partial charge in [0.15, 0.2) is 5.75 Å². The van der Waals surface area contributed by atoms with Gasteiger partial charge in [-0.05, 0) is 6.07 Å². The molecular formula is C12H8Cl2O. The van der Waals surface area contributed by atoms with E-state index in [0.29, 0.717) is 15.8 Å². The van der Waals surface area contributed by atoms with Gasteiger partial charge in [-0.2, -0.15) is 0 Å². The molecule has 0 spiro atoms. The molecule has 3 heteroatoms. The minimum atomic E-state index is 0.485. The Morgan fingerprint density at radius 2 is 1.73 bits per heavy atom. The smallest absolute Gasteiger partial charge is 0.152 e. The maximum atomic E-state index is 6.07. The first-order valence-electron chi connectivity index (χ1n) is 4.38. The van der Waals surface area contributed by atoms with Crippen LogP contribution in [0.15, 0.2) is 43.2 Å². The quantitative estimate of drug-likeness (QED) is 0.692. The summed E-state index contributed by atoms with van der Waals surface area (Å²) < 4.78 is 5.28. The highest BCUT2D eigenvalue weighted by atomic mass is 35.5. The van der Waals surface area contributed by atoms with Crippen LogP contribution in [0.3, 0.4) is 0 Å². The van der Waals surface area contributed by atoms with Crippen molar-refractivity contribution in [1.82, 2.24) is 0 Å². The lowest BCUT2D eigenvalue weighted by molar-refractivity contribution is 0.489. The highest BCUT2D eigenvalue weighted by Crippen LogP contribution is 2.37. The number of ether oxygens (including phenoxy) is 1. The molecule has 0 aromatic heterocycles. The van der Waals surface area contributed by atoms with Crippen LogP contribution >= 0.6 is 23.2 Å². The third-order valence-corrected chi connectivity index (χ3v) is 2.69. The molecule has 0 saturated carbocycles. The van der Waals surface area contributed by atoms with E-state index in [1.54, 1.807) is 6.07 Å². The van der Waals surface area contributed by atoms with Crippen molar-refractivity contribution in [2.24, 2.45) is 0 Å². The molecule has 0 amide bonds. The lowest BCUT2D eigenvalue weighted by Crippen LogP contribution is -1.85. The molecular weight excluding hydrogens is 231 g/mol. The zero-order chi connectivity index (χ0) is 10.8. The van der Waals surface area contributed by atoms with Crippen molar-refractivity contribution in [3.8, 4) is 5.75 Å². The van der Waals surface area contributed by atoms with Crippen molar-refractivity contribution >= 4 is 34.0 Å². The second kappa shape index (κ2) is 4.13. The Morgan fingerprint density at radius 3 is 2.40 bits per heavy atom. The Labute approximate surface area is 97.9 Å². The van der Waals surface area contributed by atoms with Gasteiger partial charge in [-0.3, -0.25) is 0 Å². The third kappa shape index (κ3) is 1.81. The Balaban J connectivity index is 2.83. The average molecular weight is 239 g/mol. The summed E-state index contributed by atoms with van der Waals surface area (Å²) in [5, 5.41) is 2.90. The fourth-order valence-electron chi connectivity index (χ4n) is 1.48. The van der Waals surface area contributed by atoms with E-state index >= 15 is 0 Å². The Kier molecular flexibility index (Phi) is 2.85. The van der Waals surface area contributed by atoms with Gasteiger partial charge in [0.2, 0.25) is 0 Å². The Hall–Kier alpha value is -1.18. The van der Waals surface area contributed by atoms with Gasteiger partial charge in [0.1, 0.15) is 0 Å². The van der Waals surface area contributed by atoms with Crippen LogP contribution in [0.2, 0.25) is 10.0 Å². The molecule has 0 atom stereocenters. The van der Waals surface area contributed by atoms with Crippen molar-refractivity contribution in [1.29, 1.82) is 0 Å². The van der Waals surface area contributed by atoms with Crippen LogP contribution in [0.25, 0.3) is 10.8 Å². The molecule has 2 aromatic rings. The normalized spacial score (nSPS) is 10.3. The first kappa shape index (κ1) is 10.3. The molecule has 76 valence electrons. The van der Waals surface area contributed by atoms with Gasteiger partial charge in [0.05, 0.1) is 16.3 Å². The van der Waals surface area contributed by atoms with E-state index in [0.717, 1.165) is 10.8 Å². The predicted octanol–water partition coefficient (Wildman–Crippen LogP) is 4.67. The first-order valence-corrected chi connectivity index (χ1v) is 5.14. The van der Waals surface area contributed by atoms with Crippen molar-refractivity contribution in [3.63, 3.8) is 0 Å². The Morgan fingerprint density at radius 1 is 1.07 bits per heavy atom. The molecule has 0 N–H and O–H groups in total. The number of hydrogen-bond acceptors (Lipinski definition) is 1. The van der Waals surface area contributed by atoms with Crippen LogP contribution in [0.5, 0.6) is 5.75 Å². The maximum absolute atomic E-state index is 6.07. The van der Waals surface area contributed by atoms with Crippen molar-refractivity contribution < 1.29 is 4.74 Å². The summed E-state index contributed by atoms with van der Waals surface area (Å²) in [7, 11) is 0. The van der Waals surface area contributed by atoms with Gasteiger partial charge in [-0.25, -0.2) is 0 Å². The molecule has 2 rings (SSSR count). The summed E-state index contributed by atoms with van der Waals surface area (Å²) in [5.41, 5.74) is 0. The summed E-state index contributed by atoms with van der Waals surface area (Å²) >= 11 is 12.1. The fraction of sp³-hybridized carbons (Fsp3) is 0. The van der Waals surface area contributed by atoms with Crippen molar-refractivity contribution in [3.05, 3.63) is 53.2 Å². The number of hydrogen-bond donors (Lipinski definition) is 0. The summed E-state index contributed by atoms with van der Waals surface area (Å²) in [5.74, 6) is 0.590. The third-order valence-electron chi connectivity index (χ3n) is 2.10. The molecule has 0 aliphatic carbocycles. The maximum Gasteiger partial charge on any atom is 0.152 e. The monoisotopic (exact) mass is 238 g/mol. The predicted molar refractivity (Wildman–Crippen MR) is 64.8 cm³/mol. The lowest BCUT2D eigenvalue weighted by atomic mass is 10.1. The zero-order valence-electron chi connectivity index (χ0n) is 7.84. The van der Waals surface area contributed by atoms with E-state index in [2.05, 4.69) is 6.58 Å². The highest BCUT2D eigenvalue weighted by molar-refractivity contribution is 6.39. The number of halogens is 2. The summed E-state index contributed by atoms with van der Waals surface area (Å²) in [6.07, 6.45) is 1.35. The second-order valence-corrected chi connectivity index (χ2v) is 3.81. The molecule has 0 heterocycles. The minimum Gasteiger partial charge on any atom is -0.463 e. The van der Waals surface area contributed by atoms with Gasteiger partial charge in [0.25, 0.3) is 0 Å². The molecule has 0 aliphatic rings. The van der Waals surface area contributed by atoms with Crippen molar-refractivity contribution in [2.75, 3.05) is 0 Å². The lowest BCUT2D eigenvalue weighted by Gasteiger charge is -2.08. The fourth-order valence-corrected chi connectivity index (χ4v) is 2.06. The van der Waals surface area contributed by atoms with Gasteiger partial charge < -0.3 is 4.74 Å². The summed E-state index contributed by atoms with van der Waals surface area (Å²) in [4.78, 5) is 0. The molecule has 0 saturated heterocycles. The molecule has 0 radical (unpaired) electrons.